The summed E-state index contributed by atoms with van der Waals surface area (Å²) in [5, 5.41) is 0. The van der Waals surface area contributed by atoms with Crippen LogP contribution in [0.15, 0.2) is 41.1 Å². The van der Waals surface area contributed by atoms with Gasteiger partial charge in [-0.05, 0) is 24.3 Å². The quantitative estimate of drug-likeness (QED) is 0.126. The van der Waals surface area contributed by atoms with Crippen LogP contribution in [0.4, 0.5) is 74.6 Å². The molecule has 0 bridgehead atoms. The molecule has 0 saturated heterocycles. The average molecular weight is 830 g/mol. The lowest BCUT2D eigenvalue weighted by Crippen LogP contribution is -3.00. The van der Waals surface area contributed by atoms with Crippen molar-refractivity contribution in [2.45, 2.75) is 53.0 Å². The van der Waals surface area contributed by atoms with Crippen LogP contribution in [0, 0.1) is 0 Å². The lowest BCUT2D eigenvalue weighted by atomic mass is 9.90. The Morgan fingerprint density at radius 1 is 0.711 bits per heavy atom. The lowest BCUT2D eigenvalue weighted by molar-refractivity contribution is -0.870. The molecule has 0 amide bonds. The predicted octanol–water partition coefficient (Wildman–Crippen LogP) is 3.93. The van der Waals surface area contributed by atoms with Crippen LogP contribution in [0.2, 0.25) is 0 Å². The number of sulfonamides is 1. The van der Waals surface area contributed by atoms with Crippen LogP contribution in [-0.4, -0.2) is 88.8 Å². The summed E-state index contributed by atoms with van der Waals surface area (Å²) in [5.41, 5.74) is 0. The maximum Gasteiger partial charge on any atom is 0.471 e. The molecule has 45 heavy (non-hydrogen) atoms. The molecule has 0 aliphatic carbocycles. The third-order valence-electron chi connectivity index (χ3n) is 5.46. The van der Waals surface area contributed by atoms with Gasteiger partial charge < -0.3 is 33.2 Å². The molecule has 0 aromatic heterocycles. The highest BCUT2D eigenvalue weighted by Gasteiger charge is 2.94. The molecule has 0 radical (unpaired) electrons. The fourth-order valence-corrected chi connectivity index (χ4v) is 4.04. The van der Waals surface area contributed by atoms with Crippen LogP contribution in [0.3, 0.4) is 0 Å². The molecule has 5 nitrogen and oxygen atoms in total. The minimum atomic E-state index is -8.66. The van der Waals surface area contributed by atoms with Crippen LogP contribution in [0.1, 0.15) is 6.42 Å². The molecule has 0 fully saturated rings. The van der Waals surface area contributed by atoms with E-state index in [4.69, 9.17) is 0 Å². The third kappa shape index (κ3) is 8.01. The van der Waals surface area contributed by atoms with Crippen LogP contribution in [0.5, 0.6) is 5.75 Å². The van der Waals surface area contributed by atoms with Crippen LogP contribution in [0.25, 0.3) is 0 Å². The minimum absolute atomic E-state index is 0. The van der Waals surface area contributed by atoms with Crippen molar-refractivity contribution >= 4 is 10.0 Å². The van der Waals surface area contributed by atoms with Gasteiger partial charge in [-0.2, -0.15) is 74.6 Å². The number of halogens is 18. The van der Waals surface area contributed by atoms with E-state index < -0.39 is 74.2 Å². The second kappa shape index (κ2) is 13.4. The lowest BCUT2D eigenvalue weighted by Gasteiger charge is -2.41. The maximum absolute atomic E-state index is 14.0. The van der Waals surface area contributed by atoms with Crippen molar-refractivity contribution in [1.82, 2.24) is 4.72 Å². The summed E-state index contributed by atoms with van der Waals surface area (Å²) < 4.78 is 259. The molecule has 1 N–H and O–H groups in total. The SMILES string of the molecule is C[N+](C)(C)CCCNS(=O)(=O)c1ccc(OC(F)(F)C(F)(F)C(F)(F)C(F)(F)C(F)(F)C(F)(F)C(F)(F)C(F)=C(F)F)cc1.[I-]. The molecular weight excluding hydrogens is 810 g/mol. The normalized spacial score (nSPS) is 14.6. The molecule has 24 heteroatoms. The van der Waals surface area contributed by atoms with E-state index in [2.05, 4.69) is 4.74 Å². The average Bonchev–Trinajstić information content (AvgIpc) is 2.84. The molecule has 0 saturated carbocycles. The Labute approximate surface area is 260 Å². The van der Waals surface area contributed by atoms with E-state index in [0.29, 0.717) is 23.2 Å². The zero-order chi connectivity index (χ0) is 35.2. The van der Waals surface area contributed by atoms with Crippen molar-refractivity contribution in [2.75, 3.05) is 34.2 Å². The Morgan fingerprint density at radius 3 is 1.51 bits per heavy atom. The van der Waals surface area contributed by atoms with Crippen molar-refractivity contribution in [1.29, 1.82) is 0 Å². The fraction of sp³-hybridized carbons (Fsp3) is 0.619. The zero-order valence-electron chi connectivity index (χ0n) is 22.3. The van der Waals surface area contributed by atoms with E-state index in [0.717, 1.165) is 0 Å². The van der Waals surface area contributed by atoms with E-state index in [1.807, 2.05) is 4.72 Å². The number of nitrogens with one attached hydrogen (secondary N) is 1. The van der Waals surface area contributed by atoms with Gasteiger partial charge in [-0.3, -0.25) is 0 Å². The van der Waals surface area contributed by atoms with Gasteiger partial charge >= 0.3 is 47.7 Å². The highest BCUT2D eigenvalue weighted by atomic mass is 127. The van der Waals surface area contributed by atoms with Crippen molar-refractivity contribution in [3.05, 3.63) is 36.2 Å². The smallest absolute Gasteiger partial charge is 0.471 e. The summed E-state index contributed by atoms with van der Waals surface area (Å²) in [5.74, 6) is -56.5. The van der Waals surface area contributed by atoms with E-state index in [1.54, 1.807) is 21.1 Å². The van der Waals surface area contributed by atoms with E-state index >= 15 is 0 Å². The molecule has 1 aromatic carbocycles. The molecule has 264 valence electrons. The Morgan fingerprint density at radius 2 is 1.11 bits per heavy atom. The summed E-state index contributed by atoms with van der Waals surface area (Å²) >= 11 is 0. The van der Waals surface area contributed by atoms with Gasteiger partial charge in [-0.25, -0.2) is 13.1 Å². The number of hydrogen-bond acceptors (Lipinski definition) is 3. The standard InChI is InChI=1S/C21H20F17N2O3S.HI/c1-40(2,3)10-4-9-39-44(41,42)12-7-5-11(6-8-12)43-21(37,38)20(35,36)19(33,34)18(31,32)17(29,30)16(27,28)15(25,26)13(22)14(23)24;/h5-8,39H,4,9-10H2,1-3H3;1H/q+1;/p-1. The molecule has 1 rings (SSSR count). The van der Waals surface area contributed by atoms with Gasteiger partial charge in [0.05, 0.1) is 32.6 Å². The molecular formula is C21H20F17IN2O3S. The van der Waals surface area contributed by atoms with Crippen molar-refractivity contribution < 1.29 is 116 Å². The number of allylic oxidation sites excluding steroid dienone is 1. The van der Waals surface area contributed by atoms with E-state index in [1.165, 1.54) is 0 Å². The Balaban J connectivity index is 0.0000194. The number of rotatable bonds is 15. The van der Waals surface area contributed by atoms with Gasteiger partial charge in [-0.15, -0.1) is 0 Å². The zero-order valence-corrected chi connectivity index (χ0v) is 25.3. The molecule has 0 unspecified atom stereocenters. The second-order valence-corrected chi connectivity index (χ2v) is 11.6. The molecule has 0 spiro atoms. The summed E-state index contributed by atoms with van der Waals surface area (Å²) in [7, 11) is 0.865. The summed E-state index contributed by atoms with van der Waals surface area (Å²) in [6.45, 7) is 0.281. The van der Waals surface area contributed by atoms with Crippen LogP contribution < -0.4 is 33.4 Å². The van der Waals surface area contributed by atoms with Crippen molar-refractivity contribution in [2.24, 2.45) is 0 Å². The van der Waals surface area contributed by atoms with E-state index in [-0.39, 0.29) is 49.1 Å². The molecule has 0 aliphatic heterocycles. The first-order valence-corrected chi connectivity index (χ1v) is 12.7. The Hall–Kier alpha value is -1.83. The Bertz CT molecular complexity index is 1310. The van der Waals surface area contributed by atoms with Gasteiger partial charge in [0.2, 0.25) is 15.9 Å². The largest absolute Gasteiger partial charge is 1.00 e. The molecule has 0 aliphatic rings. The first kappa shape index (κ1) is 43.2. The fourth-order valence-electron chi connectivity index (χ4n) is 2.97. The first-order valence-electron chi connectivity index (χ1n) is 11.2. The predicted molar refractivity (Wildman–Crippen MR) is 115 cm³/mol. The Kier molecular flexibility index (Phi) is 12.8. The summed E-state index contributed by atoms with van der Waals surface area (Å²) in [4.78, 5) is -0.782. The highest BCUT2D eigenvalue weighted by molar-refractivity contribution is 7.89. The maximum atomic E-state index is 14.0. The number of hydrogen-bond donors (Lipinski definition) is 1. The summed E-state index contributed by atoms with van der Waals surface area (Å²) in [6, 6.07) is 0.790. The van der Waals surface area contributed by atoms with E-state index in [9.17, 15) is 83.1 Å². The van der Waals surface area contributed by atoms with Crippen molar-refractivity contribution in [3.8, 4) is 5.75 Å². The van der Waals surface area contributed by atoms with Gasteiger partial charge in [0.25, 0.3) is 0 Å². The second-order valence-electron chi connectivity index (χ2n) is 9.88. The van der Waals surface area contributed by atoms with Gasteiger partial charge in [0.1, 0.15) is 5.75 Å². The molecule has 0 heterocycles. The topological polar surface area (TPSA) is 55.4 Å². The number of ether oxygens (including phenoxy) is 1. The number of nitrogens with zero attached hydrogens (tertiary/aromatic N) is 1. The number of quaternary nitrogens is 1. The molecule has 1 aromatic rings. The monoisotopic (exact) mass is 830 g/mol. The van der Waals surface area contributed by atoms with Crippen molar-refractivity contribution in [3.63, 3.8) is 0 Å². The van der Waals surface area contributed by atoms with Crippen LogP contribution in [-0.2, 0) is 10.0 Å². The third-order valence-corrected chi connectivity index (χ3v) is 6.93. The molecule has 0 atom stereocenters. The number of alkyl halides is 14. The van der Waals surface area contributed by atoms with Gasteiger partial charge in [-0.1, -0.05) is 0 Å². The minimum Gasteiger partial charge on any atom is -1.00 e. The first-order chi connectivity index (χ1) is 19.2. The van der Waals surface area contributed by atoms with Crippen LogP contribution >= 0.6 is 0 Å². The summed E-state index contributed by atoms with van der Waals surface area (Å²) in [6.07, 6.45) is -11.4. The van der Waals surface area contributed by atoms with Gasteiger partial charge in [0.15, 0.2) is 0 Å². The number of benzene rings is 1. The van der Waals surface area contributed by atoms with Gasteiger partial charge in [0, 0.05) is 13.0 Å². The highest BCUT2D eigenvalue weighted by Crippen LogP contribution is 2.63.